The molecule has 2 aromatic carbocycles. The van der Waals surface area contributed by atoms with Gasteiger partial charge in [0, 0.05) is 28.8 Å². The lowest BCUT2D eigenvalue weighted by Crippen LogP contribution is -2.84. The van der Waals surface area contributed by atoms with E-state index in [4.69, 9.17) is 16.3 Å². The van der Waals surface area contributed by atoms with E-state index in [1.54, 1.807) is 0 Å². The number of hydrogen-bond donors (Lipinski definition) is 2. The van der Waals surface area contributed by atoms with Gasteiger partial charge in [0.2, 0.25) is 0 Å². The van der Waals surface area contributed by atoms with E-state index in [0.717, 1.165) is 18.2 Å². The first-order valence-electron chi connectivity index (χ1n) is 8.85. The van der Waals surface area contributed by atoms with E-state index in [0.29, 0.717) is 25.3 Å². The molecule has 2 N–H and O–H groups in total. The molecule has 3 aliphatic carbocycles. The third-order valence-electron chi connectivity index (χ3n) is 5.20. The fraction of sp³-hybridized carbons (Fsp3) is 0.300. The summed E-state index contributed by atoms with van der Waals surface area (Å²) in [6.07, 6.45) is 1.56. The van der Waals surface area contributed by atoms with E-state index in [2.05, 4.69) is 10.6 Å². The van der Waals surface area contributed by atoms with Crippen LogP contribution in [0.2, 0.25) is 5.02 Å². The largest absolute Gasteiger partial charge is 0.484 e. The zero-order chi connectivity index (χ0) is 20.8. The number of carbonyl (C=O) groups is 2. The highest BCUT2D eigenvalue weighted by atomic mass is 35.5. The number of halogens is 4. The Hall–Kier alpha value is -2.74. The van der Waals surface area contributed by atoms with Crippen molar-refractivity contribution in [2.45, 2.75) is 30.3 Å². The number of ether oxygens (including phenoxy) is 1. The molecule has 5 nitrogen and oxygen atoms in total. The van der Waals surface area contributed by atoms with E-state index >= 15 is 0 Å². The molecule has 3 fully saturated rings. The Bertz CT molecular complexity index is 974. The van der Waals surface area contributed by atoms with Gasteiger partial charge in [0.1, 0.15) is 23.2 Å². The number of benzene rings is 2. The quantitative estimate of drug-likeness (QED) is 0.747. The van der Waals surface area contributed by atoms with Gasteiger partial charge in [-0.25, -0.2) is 13.2 Å². The van der Waals surface area contributed by atoms with Crippen molar-refractivity contribution in [1.29, 1.82) is 0 Å². The summed E-state index contributed by atoms with van der Waals surface area (Å²) in [6, 6.07) is 6.53. The first-order valence-corrected chi connectivity index (χ1v) is 9.23. The maximum absolute atomic E-state index is 13.4. The fourth-order valence-electron chi connectivity index (χ4n) is 4.10. The molecule has 3 aliphatic rings. The minimum Gasteiger partial charge on any atom is -0.484 e. The number of rotatable bonds is 6. The van der Waals surface area contributed by atoms with Crippen LogP contribution in [-0.2, 0) is 4.79 Å². The Labute approximate surface area is 169 Å². The van der Waals surface area contributed by atoms with Crippen molar-refractivity contribution in [2.24, 2.45) is 0 Å². The van der Waals surface area contributed by atoms with Gasteiger partial charge in [-0.1, -0.05) is 11.6 Å². The summed E-state index contributed by atoms with van der Waals surface area (Å²) in [5, 5.41) is 5.61. The molecule has 152 valence electrons. The highest BCUT2D eigenvalue weighted by molar-refractivity contribution is 6.30. The molecule has 29 heavy (non-hydrogen) atoms. The summed E-state index contributed by atoms with van der Waals surface area (Å²) in [7, 11) is 0. The number of hydrogen-bond acceptors (Lipinski definition) is 3. The molecule has 0 spiro atoms. The first-order chi connectivity index (χ1) is 13.7. The molecule has 5 rings (SSSR count). The minimum atomic E-state index is -0.822. The van der Waals surface area contributed by atoms with Gasteiger partial charge in [-0.2, -0.15) is 0 Å². The van der Waals surface area contributed by atoms with Crippen LogP contribution < -0.4 is 15.4 Å². The van der Waals surface area contributed by atoms with Gasteiger partial charge >= 0.3 is 0 Å². The van der Waals surface area contributed by atoms with Crippen molar-refractivity contribution in [3.63, 3.8) is 0 Å². The average molecular weight is 425 g/mol. The second-order valence-corrected chi connectivity index (χ2v) is 8.02. The molecule has 2 amide bonds. The van der Waals surface area contributed by atoms with Gasteiger partial charge in [-0.05, 0) is 43.5 Å². The lowest BCUT2D eigenvalue weighted by Gasteiger charge is -2.70. The van der Waals surface area contributed by atoms with Crippen LogP contribution in [0.1, 0.15) is 29.6 Å². The summed E-state index contributed by atoms with van der Waals surface area (Å²) in [5.41, 5.74) is -0.992. The topological polar surface area (TPSA) is 67.4 Å². The van der Waals surface area contributed by atoms with Crippen LogP contribution in [0, 0.1) is 17.5 Å². The number of carbonyl (C=O) groups excluding carboxylic acids is 2. The van der Waals surface area contributed by atoms with Crippen LogP contribution in [0.25, 0.3) is 0 Å². The maximum atomic E-state index is 13.4. The number of nitrogens with one attached hydrogen (secondary N) is 2. The average Bonchev–Trinajstić information content (AvgIpc) is 2.59. The molecule has 2 aromatic rings. The van der Waals surface area contributed by atoms with Crippen LogP contribution >= 0.6 is 11.6 Å². The molecular formula is C20H16ClF3N2O3. The Morgan fingerprint density at radius 1 is 0.966 bits per heavy atom. The van der Waals surface area contributed by atoms with Crippen LogP contribution in [0.4, 0.5) is 13.2 Å². The molecule has 9 heteroatoms. The summed E-state index contributed by atoms with van der Waals surface area (Å²) in [6.45, 7) is -0.287. The lowest BCUT2D eigenvalue weighted by atomic mass is 9.44. The second kappa shape index (κ2) is 6.95. The minimum absolute atomic E-state index is 0.0380. The highest BCUT2D eigenvalue weighted by Gasteiger charge is 2.69. The van der Waals surface area contributed by atoms with E-state index in [9.17, 15) is 22.8 Å². The van der Waals surface area contributed by atoms with E-state index in [1.807, 2.05) is 0 Å². The van der Waals surface area contributed by atoms with E-state index < -0.39 is 34.4 Å². The molecule has 0 heterocycles. The van der Waals surface area contributed by atoms with Gasteiger partial charge in [0.05, 0.1) is 5.02 Å². The Morgan fingerprint density at radius 3 is 2.21 bits per heavy atom. The van der Waals surface area contributed by atoms with E-state index in [-0.39, 0.29) is 28.8 Å². The SMILES string of the molecule is O=C(COc1ccc(Cl)c(F)c1)NC12CC(NC(=O)c3cc(F)cc(F)c3)(C1)C2. The Morgan fingerprint density at radius 2 is 1.59 bits per heavy atom. The third-order valence-corrected chi connectivity index (χ3v) is 5.51. The van der Waals surface area contributed by atoms with Gasteiger partial charge in [0.25, 0.3) is 11.8 Å². The summed E-state index contributed by atoms with van der Waals surface area (Å²) in [4.78, 5) is 24.3. The van der Waals surface area contributed by atoms with Gasteiger partial charge in [-0.3, -0.25) is 9.59 Å². The molecule has 0 atom stereocenters. The predicted octanol–water partition coefficient (Wildman–Crippen LogP) is 3.36. The summed E-state index contributed by atoms with van der Waals surface area (Å²) >= 11 is 5.59. The normalized spacial score (nSPS) is 24.1. The van der Waals surface area contributed by atoms with Crippen LogP contribution in [0.15, 0.2) is 36.4 Å². The predicted molar refractivity (Wildman–Crippen MR) is 98.2 cm³/mol. The third kappa shape index (κ3) is 3.89. The van der Waals surface area contributed by atoms with Crippen molar-refractivity contribution in [1.82, 2.24) is 10.6 Å². The fourth-order valence-corrected chi connectivity index (χ4v) is 4.22. The zero-order valence-electron chi connectivity index (χ0n) is 15.0. The zero-order valence-corrected chi connectivity index (χ0v) is 15.8. The first kappa shape index (κ1) is 19.6. The Kier molecular flexibility index (Phi) is 4.69. The maximum Gasteiger partial charge on any atom is 0.258 e. The molecule has 0 aliphatic heterocycles. The smallest absolute Gasteiger partial charge is 0.258 e. The monoisotopic (exact) mass is 424 g/mol. The van der Waals surface area contributed by atoms with Gasteiger partial charge < -0.3 is 15.4 Å². The van der Waals surface area contributed by atoms with Crippen molar-refractivity contribution >= 4 is 23.4 Å². The van der Waals surface area contributed by atoms with E-state index in [1.165, 1.54) is 12.1 Å². The standard InChI is InChI=1S/C20H16ClF3N2O3/c21-15-2-1-14(6-16(15)24)29-7-17(27)25-19-8-20(9-19,10-19)26-18(28)11-3-12(22)5-13(23)4-11/h1-6H,7-10H2,(H,25,27)(H,26,28). The molecular weight excluding hydrogens is 409 g/mol. The molecule has 0 unspecified atom stereocenters. The van der Waals surface area contributed by atoms with Crippen LogP contribution in [0.3, 0.4) is 0 Å². The highest BCUT2D eigenvalue weighted by Crippen LogP contribution is 2.60. The van der Waals surface area contributed by atoms with Gasteiger partial charge in [0.15, 0.2) is 6.61 Å². The van der Waals surface area contributed by atoms with Crippen LogP contribution in [-0.4, -0.2) is 29.5 Å². The molecule has 0 radical (unpaired) electrons. The van der Waals surface area contributed by atoms with Gasteiger partial charge in [-0.15, -0.1) is 0 Å². The van der Waals surface area contributed by atoms with Crippen molar-refractivity contribution in [2.75, 3.05) is 6.61 Å². The second-order valence-electron chi connectivity index (χ2n) is 7.62. The van der Waals surface area contributed by atoms with Crippen molar-refractivity contribution < 1.29 is 27.5 Å². The molecule has 0 saturated heterocycles. The number of amides is 2. The van der Waals surface area contributed by atoms with Crippen molar-refractivity contribution in [3.8, 4) is 5.75 Å². The summed E-state index contributed by atoms with van der Waals surface area (Å²) in [5.74, 6) is -3.03. The Balaban J connectivity index is 1.26. The van der Waals surface area contributed by atoms with Crippen molar-refractivity contribution in [3.05, 3.63) is 64.4 Å². The summed E-state index contributed by atoms with van der Waals surface area (Å²) < 4.78 is 45.1. The molecule has 0 aromatic heterocycles. The molecule has 3 saturated carbocycles. The molecule has 2 bridgehead atoms. The lowest BCUT2D eigenvalue weighted by molar-refractivity contribution is -0.141. The van der Waals surface area contributed by atoms with Crippen LogP contribution in [0.5, 0.6) is 5.75 Å².